The molecule has 204 valence electrons. The molecule has 0 fully saturated rings. The molecule has 0 aliphatic rings. The third-order valence-corrected chi connectivity index (χ3v) is 5.66. The van der Waals surface area contributed by atoms with E-state index in [9.17, 15) is 34.2 Å². The molecule has 12 nitrogen and oxygen atoms in total. The molecule has 8 N–H and O–H groups in total. The molecule has 0 radical (unpaired) electrons. The number of carboxylic acid groups (broad SMARTS) is 2. The average Bonchev–Trinajstić information content (AvgIpc) is 2.87. The fourth-order valence-corrected chi connectivity index (χ4v) is 3.52. The van der Waals surface area contributed by atoms with Gasteiger partial charge in [0.05, 0.1) is 6.04 Å². The number of hydrogen-bond donors (Lipinski definition) is 7. The van der Waals surface area contributed by atoms with Crippen LogP contribution in [-0.4, -0.2) is 69.1 Å². The summed E-state index contributed by atoms with van der Waals surface area (Å²) in [7, 11) is 0. The molecule has 0 aromatic heterocycles. The maximum atomic E-state index is 12.9. The van der Waals surface area contributed by atoms with Crippen molar-refractivity contribution in [3.8, 4) is 5.75 Å². The number of phenols is 1. The van der Waals surface area contributed by atoms with Crippen molar-refractivity contribution in [3.05, 3.63) is 65.7 Å². The van der Waals surface area contributed by atoms with Crippen molar-refractivity contribution >= 4 is 29.7 Å². The summed E-state index contributed by atoms with van der Waals surface area (Å²) in [4.78, 5) is 60.8. The van der Waals surface area contributed by atoms with Crippen LogP contribution in [0, 0.1) is 0 Å². The molecule has 38 heavy (non-hydrogen) atoms. The summed E-state index contributed by atoms with van der Waals surface area (Å²) in [5.41, 5.74) is 7.30. The Morgan fingerprint density at radius 1 is 0.763 bits per heavy atom. The van der Waals surface area contributed by atoms with Gasteiger partial charge in [-0.3, -0.25) is 19.2 Å². The minimum absolute atomic E-state index is 0.0266. The number of hydrogen-bond acceptors (Lipinski definition) is 7. The van der Waals surface area contributed by atoms with Crippen LogP contribution in [0.2, 0.25) is 0 Å². The van der Waals surface area contributed by atoms with Gasteiger partial charge in [-0.15, -0.1) is 0 Å². The molecule has 2 aromatic carbocycles. The molecular weight excluding hydrogens is 496 g/mol. The number of benzene rings is 2. The van der Waals surface area contributed by atoms with Crippen molar-refractivity contribution in [2.75, 3.05) is 0 Å². The maximum absolute atomic E-state index is 12.9. The lowest BCUT2D eigenvalue weighted by atomic mass is 10.0. The zero-order valence-corrected chi connectivity index (χ0v) is 20.8. The molecule has 0 aliphatic heterocycles. The second kappa shape index (κ2) is 14.3. The van der Waals surface area contributed by atoms with Crippen molar-refractivity contribution in [1.82, 2.24) is 16.0 Å². The number of nitrogens with two attached hydrogens (primary N) is 1. The van der Waals surface area contributed by atoms with Gasteiger partial charge in [-0.05, 0) is 43.0 Å². The SMILES string of the molecule is C[C@H](NC(=O)[C@H](CCC(=O)O)NC(=O)[C@@H](N)Cc1ccc(O)cc1)C(=O)N[C@@H](Cc1ccccc1)C(=O)O. The molecule has 0 saturated carbocycles. The predicted molar refractivity (Wildman–Crippen MR) is 136 cm³/mol. The first-order valence-electron chi connectivity index (χ1n) is 11.9. The van der Waals surface area contributed by atoms with Gasteiger partial charge in [0.15, 0.2) is 0 Å². The topological polar surface area (TPSA) is 208 Å². The van der Waals surface area contributed by atoms with E-state index in [0.717, 1.165) is 0 Å². The highest BCUT2D eigenvalue weighted by atomic mass is 16.4. The Balaban J connectivity index is 2.01. The van der Waals surface area contributed by atoms with Crippen LogP contribution < -0.4 is 21.7 Å². The van der Waals surface area contributed by atoms with E-state index < -0.39 is 60.2 Å². The van der Waals surface area contributed by atoms with Crippen LogP contribution in [0.1, 0.15) is 30.9 Å². The zero-order chi connectivity index (χ0) is 28.2. The summed E-state index contributed by atoms with van der Waals surface area (Å²) in [6.07, 6.45) is -0.585. The Hall–Kier alpha value is -4.45. The lowest BCUT2D eigenvalue weighted by Crippen LogP contribution is -2.56. The van der Waals surface area contributed by atoms with E-state index in [2.05, 4.69) is 16.0 Å². The maximum Gasteiger partial charge on any atom is 0.326 e. The molecule has 3 amide bonds. The Labute approximate surface area is 219 Å². The number of nitrogens with one attached hydrogen (secondary N) is 3. The van der Waals surface area contributed by atoms with Crippen molar-refractivity contribution in [3.63, 3.8) is 0 Å². The van der Waals surface area contributed by atoms with E-state index in [1.807, 2.05) is 0 Å². The van der Waals surface area contributed by atoms with Gasteiger partial charge in [-0.2, -0.15) is 0 Å². The average molecular weight is 529 g/mol. The smallest absolute Gasteiger partial charge is 0.326 e. The van der Waals surface area contributed by atoms with E-state index >= 15 is 0 Å². The summed E-state index contributed by atoms with van der Waals surface area (Å²) >= 11 is 0. The van der Waals surface area contributed by atoms with Crippen molar-refractivity contribution < 1.29 is 39.3 Å². The zero-order valence-electron chi connectivity index (χ0n) is 20.8. The Morgan fingerprint density at radius 3 is 1.92 bits per heavy atom. The van der Waals surface area contributed by atoms with Crippen LogP contribution in [-0.2, 0) is 36.8 Å². The molecule has 0 saturated heterocycles. The van der Waals surface area contributed by atoms with Crippen LogP contribution >= 0.6 is 0 Å². The van der Waals surface area contributed by atoms with Crippen LogP contribution in [0.5, 0.6) is 5.75 Å². The fourth-order valence-electron chi connectivity index (χ4n) is 3.52. The van der Waals surface area contributed by atoms with Gasteiger partial charge in [-0.1, -0.05) is 42.5 Å². The molecule has 0 bridgehead atoms. The monoisotopic (exact) mass is 528 g/mol. The van der Waals surface area contributed by atoms with E-state index in [-0.39, 0.29) is 25.0 Å². The van der Waals surface area contributed by atoms with Crippen LogP contribution in [0.4, 0.5) is 0 Å². The molecule has 0 unspecified atom stereocenters. The second-order valence-electron chi connectivity index (χ2n) is 8.79. The van der Waals surface area contributed by atoms with E-state index in [0.29, 0.717) is 11.1 Å². The van der Waals surface area contributed by atoms with Gasteiger partial charge in [0.1, 0.15) is 23.9 Å². The third kappa shape index (κ3) is 9.90. The number of amides is 3. The van der Waals surface area contributed by atoms with E-state index in [1.54, 1.807) is 42.5 Å². The first kappa shape index (κ1) is 29.8. The summed E-state index contributed by atoms with van der Waals surface area (Å²) in [5, 5.41) is 35.1. The number of carboxylic acids is 2. The molecule has 0 aliphatic carbocycles. The van der Waals surface area contributed by atoms with E-state index in [1.165, 1.54) is 19.1 Å². The van der Waals surface area contributed by atoms with Gasteiger partial charge in [0.2, 0.25) is 17.7 Å². The van der Waals surface area contributed by atoms with Gasteiger partial charge >= 0.3 is 11.9 Å². The molecule has 2 rings (SSSR count). The Kier molecular flexibility index (Phi) is 11.2. The number of carbonyl (C=O) groups excluding carboxylic acids is 3. The normalized spacial score (nSPS) is 13.8. The molecule has 4 atom stereocenters. The second-order valence-corrected chi connectivity index (χ2v) is 8.79. The Bertz CT molecular complexity index is 1120. The molecule has 0 heterocycles. The van der Waals surface area contributed by atoms with Crippen LogP contribution in [0.15, 0.2) is 54.6 Å². The number of carbonyl (C=O) groups is 5. The minimum Gasteiger partial charge on any atom is -0.508 e. The molecule has 0 spiro atoms. The predicted octanol–water partition coefficient (Wildman–Crippen LogP) is -0.0716. The van der Waals surface area contributed by atoms with Crippen LogP contribution in [0.3, 0.4) is 0 Å². The highest BCUT2D eigenvalue weighted by Crippen LogP contribution is 2.11. The van der Waals surface area contributed by atoms with Crippen LogP contribution in [0.25, 0.3) is 0 Å². The standard InChI is InChI=1S/C26H32N4O8/c1-15(23(34)30-21(26(37)38)14-16-5-3-2-4-6-16)28-25(36)20(11-12-22(32)33)29-24(35)19(27)13-17-7-9-18(31)10-8-17/h2-10,15,19-21,31H,11-14,27H2,1H3,(H,28,36)(H,29,35)(H,30,34)(H,32,33)(H,37,38)/t15-,19-,20-,21-/m0/s1. The van der Waals surface area contributed by atoms with Crippen molar-refractivity contribution in [2.45, 2.75) is 56.8 Å². The number of aliphatic carboxylic acids is 2. The summed E-state index contributed by atoms with van der Waals surface area (Å²) in [6, 6.07) is 9.91. The van der Waals surface area contributed by atoms with E-state index in [4.69, 9.17) is 10.8 Å². The molecule has 12 heteroatoms. The quantitative estimate of drug-likeness (QED) is 0.175. The number of rotatable bonds is 14. The van der Waals surface area contributed by atoms with Gasteiger partial charge in [0.25, 0.3) is 0 Å². The lowest BCUT2D eigenvalue weighted by molar-refractivity contribution is -0.142. The molecular formula is C26H32N4O8. The van der Waals surface area contributed by atoms with Gasteiger partial charge < -0.3 is 37.0 Å². The highest BCUT2D eigenvalue weighted by molar-refractivity contribution is 5.94. The fraction of sp³-hybridized carbons (Fsp3) is 0.346. The first-order chi connectivity index (χ1) is 18.0. The van der Waals surface area contributed by atoms with Gasteiger partial charge in [0, 0.05) is 12.8 Å². The highest BCUT2D eigenvalue weighted by Gasteiger charge is 2.29. The summed E-state index contributed by atoms with van der Waals surface area (Å²) in [5.74, 6) is -4.71. The summed E-state index contributed by atoms with van der Waals surface area (Å²) in [6.45, 7) is 1.33. The Morgan fingerprint density at radius 2 is 1.34 bits per heavy atom. The number of phenolic OH excluding ortho intramolecular Hbond substituents is 1. The molecule has 2 aromatic rings. The lowest BCUT2D eigenvalue weighted by Gasteiger charge is -2.23. The largest absolute Gasteiger partial charge is 0.508 e. The van der Waals surface area contributed by atoms with Gasteiger partial charge in [-0.25, -0.2) is 4.79 Å². The number of aromatic hydroxyl groups is 1. The third-order valence-electron chi connectivity index (χ3n) is 5.66. The van der Waals surface area contributed by atoms with Crippen molar-refractivity contribution in [2.24, 2.45) is 5.73 Å². The minimum atomic E-state index is -1.31. The van der Waals surface area contributed by atoms with Crippen molar-refractivity contribution in [1.29, 1.82) is 0 Å². The first-order valence-corrected chi connectivity index (χ1v) is 11.9. The summed E-state index contributed by atoms with van der Waals surface area (Å²) < 4.78 is 0.